The summed E-state index contributed by atoms with van der Waals surface area (Å²) in [6.07, 6.45) is 1.51. The number of nitrogens with zero attached hydrogens (tertiary/aromatic N) is 1. The lowest BCUT2D eigenvalue weighted by molar-refractivity contribution is -0.141. The first kappa shape index (κ1) is 21.1. The molecule has 0 aromatic heterocycles. The number of nitrogens with one attached hydrogen (secondary N) is 2. The number of likely N-dealkylation sites (tertiary alicyclic amines) is 1. The molecule has 2 bridgehead atoms. The summed E-state index contributed by atoms with van der Waals surface area (Å²) in [6.45, 7) is 2.18. The van der Waals surface area contributed by atoms with Gasteiger partial charge in [-0.2, -0.15) is 0 Å². The summed E-state index contributed by atoms with van der Waals surface area (Å²) in [5.74, 6) is -2.32. The number of anilines is 1. The highest BCUT2D eigenvalue weighted by Crippen LogP contribution is 2.58. The monoisotopic (exact) mass is 435 g/mol. The van der Waals surface area contributed by atoms with E-state index >= 15 is 0 Å². The molecule has 4 rings (SSSR count). The van der Waals surface area contributed by atoms with Crippen molar-refractivity contribution in [1.29, 1.82) is 0 Å². The lowest BCUT2D eigenvalue weighted by Crippen LogP contribution is -2.53. The molecular formula is C21H26ClN3O5. The largest absolute Gasteiger partial charge is 0.395 e. The van der Waals surface area contributed by atoms with Gasteiger partial charge in [0.05, 0.1) is 35.3 Å². The predicted octanol–water partition coefficient (Wildman–Crippen LogP) is 1.17. The van der Waals surface area contributed by atoms with Gasteiger partial charge < -0.3 is 25.4 Å². The molecule has 0 aliphatic carbocycles. The van der Waals surface area contributed by atoms with E-state index in [1.54, 1.807) is 24.3 Å². The van der Waals surface area contributed by atoms with Crippen molar-refractivity contribution < 1.29 is 24.2 Å². The molecule has 3 heterocycles. The Morgan fingerprint density at radius 3 is 2.80 bits per heavy atom. The summed E-state index contributed by atoms with van der Waals surface area (Å²) in [5, 5.41) is 15.6. The summed E-state index contributed by atoms with van der Waals surface area (Å²) in [7, 11) is 0. The van der Waals surface area contributed by atoms with Crippen molar-refractivity contribution in [2.45, 2.75) is 43.9 Å². The van der Waals surface area contributed by atoms with Crippen molar-refractivity contribution in [3.63, 3.8) is 0 Å². The Bertz CT molecular complexity index is 865. The molecule has 3 aliphatic rings. The Hall–Kier alpha value is -2.16. The molecule has 1 aromatic carbocycles. The molecule has 5 atom stereocenters. The van der Waals surface area contributed by atoms with E-state index in [0.717, 1.165) is 6.42 Å². The van der Waals surface area contributed by atoms with Crippen LogP contribution in [-0.2, 0) is 19.1 Å². The third-order valence-corrected chi connectivity index (χ3v) is 6.70. The Kier molecular flexibility index (Phi) is 5.74. The fourth-order valence-electron chi connectivity index (χ4n) is 5.23. The van der Waals surface area contributed by atoms with Gasteiger partial charge in [0.25, 0.3) is 0 Å². The number of carbonyl (C=O) groups is 3. The number of hydrogen-bond donors (Lipinski definition) is 3. The Labute approximate surface area is 179 Å². The van der Waals surface area contributed by atoms with Crippen LogP contribution in [0, 0.1) is 11.8 Å². The van der Waals surface area contributed by atoms with Crippen molar-refractivity contribution in [3.05, 3.63) is 29.3 Å². The minimum atomic E-state index is -1.07. The molecule has 3 amide bonds. The van der Waals surface area contributed by atoms with E-state index in [2.05, 4.69) is 10.6 Å². The van der Waals surface area contributed by atoms with Crippen molar-refractivity contribution in [3.8, 4) is 0 Å². The van der Waals surface area contributed by atoms with Crippen LogP contribution in [0.25, 0.3) is 0 Å². The molecule has 3 saturated heterocycles. The maximum atomic E-state index is 13.3. The third kappa shape index (κ3) is 3.18. The molecule has 0 saturated carbocycles. The highest BCUT2D eigenvalue weighted by molar-refractivity contribution is 6.33. The van der Waals surface area contributed by atoms with Gasteiger partial charge in [-0.15, -0.1) is 0 Å². The SMILES string of the molecule is CCCNC(=O)[C@@H]1[C@@H]2CCC3(O2)C(C(=O)Nc2ccccc2Cl)N(CCO)C(=O)[C@H]13. The fourth-order valence-corrected chi connectivity index (χ4v) is 5.41. The summed E-state index contributed by atoms with van der Waals surface area (Å²) < 4.78 is 6.25. The van der Waals surface area contributed by atoms with Crippen LogP contribution >= 0.6 is 11.6 Å². The first-order chi connectivity index (χ1) is 14.4. The molecule has 8 nitrogen and oxygen atoms in total. The number of rotatable bonds is 7. The van der Waals surface area contributed by atoms with E-state index in [4.69, 9.17) is 16.3 Å². The molecule has 30 heavy (non-hydrogen) atoms. The van der Waals surface area contributed by atoms with E-state index in [9.17, 15) is 19.5 Å². The molecule has 162 valence electrons. The standard InChI is InChI=1S/C21H26ClN3O5/c1-2-9-23-18(27)15-14-7-8-21(30-14)16(15)20(29)25(10-11-26)17(21)19(28)24-13-6-4-3-5-12(13)22/h3-6,14-17,26H,2,7-11H2,1H3,(H,23,27)(H,24,28)/t14-,15+,16-,17?,21?/m0/s1. The number of para-hydroxylation sites is 1. The summed E-state index contributed by atoms with van der Waals surface area (Å²) in [4.78, 5) is 40.9. The van der Waals surface area contributed by atoms with Crippen LogP contribution in [0.2, 0.25) is 5.02 Å². The third-order valence-electron chi connectivity index (χ3n) is 6.37. The highest BCUT2D eigenvalue weighted by atomic mass is 35.5. The average molecular weight is 436 g/mol. The molecule has 0 radical (unpaired) electrons. The Morgan fingerprint density at radius 2 is 2.10 bits per heavy atom. The number of halogens is 1. The van der Waals surface area contributed by atoms with Crippen LogP contribution in [0.4, 0.5) is 5.69 Å². The molecule has 3 aliphatic heterocycles. The zero-order valence-electron chi connectivity index (χ0n) is 16.8. The topological polar surface area (TPSA) is 108 Å². The van der Waals surface area contributed by atoms with E-state index < -0.39 is 29.4 Å². The number of fused-ring (bicyclic) bond motifs is 1. The number of carbonyl (C=O) groups excluding carboxylic acids is 3. The summed E-state index contributed by atoms with van der Waals surface area (Å²) >= 11 is 6.18. The molecule has 3 N–H and O–H groups in total. The van der Waals surface area contributed by atoms with Gasteiger partial charge in [-0.05, 0) is 31.4 Å². The van der Waals surface area contributed by atoms with Gasteiger partial charge in [0.2, 0.25) is 17.7 Å². The number of benzene rings is 1. The normalized spacial score (nSPS) is 31.7. The van der Waals surface area contributed by atoms with E-state index in [0.29, 0.717) is 30.1 Å². The number of aliphatic hydroxyl groups excluding tert-OH is 1. The number of aliphatic hydroxyl groups is 1. The lowest BCUT2D eigenvalue weighted by atomic mass is 9.70. The Balaban J connectivity index is 1.66. The molecule has 1 spiro atoms. The van der Waals surface area contributed by atoms with Crippen LogP contribution in [0.15, 0.2) is 24.3 Å². The van der Waals surface area contributed by atoms with Crippen molar-refractivity contribution in [2.24, 2.45) is 11.8 Å². The van der Waals surface area contributed by atoms with Crippen molar-refractivity contribution in [2.75, 3.05) is 25.0 Å². The van der Waals surface area contributed by atoms with Crippen LogP contribution in [0.5, 0.6) is 0 Å². The molecule has 9 heteroatoms. The smallest absolute Gasteiger partial charge is 0.250 e. The molecule has 2 unspecified atom stereocenters. The van der Waals surface area contributed by atoms with Gasteiger partial charge in [0.15, 0.2) is 0 Å². The first-order valence-electron chi connectivity index (χ1n) is 10.4. The average Bonchev–Trinajstić information content (AvgIpc) is 3.36. The van der Waals surface area contributed by atoms with Crippen LogP contribution in [0.3, 0.4) is 0 Å². The summed E-state index contributed by atoms with van der Waals surface area (Å²) in [5.41, 5.74) is -0.638. The van der Waals surface area contributed by atoms with Crippen molar-refractivity contribution >= 4 is 35.0 Å². The first-order valence-corrected chi connectivity index (χ1v) is 10.7. The maximum Gasteiger partial charge on any atom is 0.250 e. The lowest BCUT2D eigenvalue weighted by Gasteiger charge is -2.33. The summed E-state index contributed by atoms with van der Waals surface area (Å²) in [6, 6.07) is 5.91. The number of amides is 3. The van der Waals surface area contributed by atoms with Crippen molar-refractivity contribution in [1.82, 2.24) is 10.2 Å². The Morgan fingerprint density at radius 1 is 1.33 bits per heavy atom. The molecule has 3 fully saturated rings. The van der Waals surface area contributed by atoms with E-state index in [1.165, 1.54) is 4.90 Å². The number of ether oxygens (including phenoxy) is 1. The van der Waals surface area contributed by atoms with Crippen LogP contribution in [0.1, 0.15) is 26.2 Å². The van der Waals surface area contributed by atoms with E-state index in [1.807, 2.05) is 6.92 Å². The minimum absolute atomic E-state index is 0.00494. The molecule has 1 aromatic rings. The van der Waals surface area contributed by atoms with Gasteiger partial charge in [0, 0.05) is 13.1 Å². The minimum Gasteiger partial charge on any atom is -0.395 e. The zero-order valence-corrected chi connectivity index (χ0v) is 17.5. The molecular weight excluding hydrogens is 410 g/mol. The second-order valence-electron chi connectivity index (χ2n) is 8.07. The van der Waals surface area contributed by atoms with Gasteiger partial charge in [0.1, 0.15) is 11.6 Å². The van der Waals surface area contributed by atoms with Gasteiger partial charge >= 0.3 is 0 Å². The zero-order chi connectivity index (χ0) is 21.5. The number of β-amino-alcohol motifs (C(OH)–C–C–N with tert-alkyl or cyclic N) is 1. The number of hydrogen-bond acceptors (Lipinski definition) is 5. The van der Waals surface area contributed by atoms with Gasteiger partial charge in [-0.1, -0.05) is 30.7 Å². The van der Waals surface area contributed by atoms with E-state index in [-0.39, 0.29) is 31.1 Å². The quantitative estimate of drug-likeness (QED) is 0.596. The maximum absolute atomic E-state index is 13.3. The van der Waals surface area contributed by atoms with Crippen LogP contribution in [-0.4, -0.2) is 65.2 Å². The fraction of sp³-hybridized carbons (Fsp3) is 0.571. The van der Waals surface area contributed by atoms with Gasteiger partial charge in [-0.3, -0.25) is 14.4 Å². The second kappa shape index (κ2) is 8.17. The predicted molar refractivity (Wildman–Crippen MR) is 110 cm³/mol. The second-order valence-corrected chi connectivity index (χ2v) is 8.48. The van der Waals surface area contributed by atoms with Gasteiger partial charge in [-0.25, -0.2) is 0 Å². The highest BCUT2D eigenvalue weighted by Gasteiger charge is 2.74. The van der Waals surface area contributed by atoms with Crippen LogP contribution < -0.4 is 10.6 Å².